The van der Waals surface area contributed by atoms with E-state index in [-0.39, 0.29) is 0 Å². The van der Waals surface area contributed by atoms with Gasteiger partial charge in [0.2, 0.25) is 0 Å². The molecule has 1 atom stereocenters. The number of benzene rings is 1. The van der Waals surface area contributed by atoms with Crippen LogP contribution in [0.4, 0.5) is 0 Å². The third kappa shape index (κ3) is 7.85. The normalized spacial score (nSPS) is 11.3. The quantitative estimate of drug-likeness (QED) is 0.477. The van der Waals surface area contributed by atoms with Crippen LogP contribution in [-0.4, -0.2) is 23.7 Å². The van der Waals surface area contributed by atoms with Crippen LogP contribution in [-0.2, 0) is 0 Å². The van der Waals surface area contributed by atoms with Crippen LogP contribution in [0.3, 0.4) is 0 Å². The van der Waals surface area contributed by atoms with Gasteiger partial charge in [-0.2, -0.15) is 0 Å². The van der Waals surface area contributed by atoms with Gasteiger partial charge in [0.25, 0.3) is 0 Å². The average molecular weight is 359 g/mol. The van der Waals surface area contributed by atoms with Crippen molar-refractivity contribution >= 4 is 0 Å². The van der Waals surface area contributed by atoms with Crippen molar-refractivity contribution in [3.8, 4) is 22.9 Å². The average Bonchev–Trinajstić information content (AvgIpc) is 2.71. The van der Waals surface area contributed by atoms with Crippen LogP contribution in [0.25, 0.3) is 11.4 Å². The van der Waals surface area contributed by atoms with Crippen molar-refractivity contribution in [3.05, 3.63) is 36.7 Å². The van der Waals surface area contributed by atoms with Gasteiger partial charge in [-0.1, -0.05) is 53.4 Å². The first-order valence-corrected chi connectivity index (χ1v) is 9.82. The summed E-state index contributed by atoms with van der Waals surface area (Å²) in [5, 5.41) is 0. The van der Waals surface area contributed by atoms with E-state index in [0.29, 0.717) is 11.7 Å². The Morgan fingerprint density at radius 2 is 1.58 bits per heavy atom. The summed E-state index contributed by atoms with van der Waals surface area (Å²) in [6, 6.07) is 7.72. The van der Waals surface area contributed by atoms with Gasteiger partial charge in [0.05, 0.1) is 26.1 Å². The van der Waals surface area contributed by atoms with Crippen molar-refractivity contribution in [2.45, 2.75) is 59.8 Å². The number of rotatable bonds is 10. The number of ether oxygens (including phenoxy) is 2. The zero-order chi connectivity index (χ0) is 19.2. The summed E-state index contributed by atoms with van der Waals surface area (Å²) in [5.74, 6) is 2.81. The number of unbranched alkanes of at least 4 members (excludes halogenated alkanes) is 3. The Labute approximate surface area is 159 Å². The van der Waals surface area contributed by atoms with Gasteiger partial charge >= 0.3 is 0 Å². The highest BCUT2D eigenvalue weighted by molar-refractivity contribution is 5.56. The predicted molar refractivity (Wildman–Crippen MR) is 109 cm³/mol. The van der Waals surface area contributed by atoms with E-state index in [4.69, 9.17) is 9.47 Å². The van der Waals surface area contributed by atoms with Crippen LogP contribution in [0.5, 0.6) is 11.5 Å². The summed E-state index contributed by atoms with van der Waals surface area (Å²) in [6.45, 7) is 9.19. The molecule has 0 unspecified atom stereocenters. The van der Waals surface area contributed by atoms with E-state index < -0.39 is 0 Å². The molecule has 144 valence electrons. The van der Waals surface area contributed by atoms with E-state index in [1.54, 1.807) is 19.5 Å². The topological polar surface area (TPSA) is 44.2 Å². The second-order valence-corrected chi connectivity index (χ2v) is 6.24. The Hall–Kier alpha value is -2.10. The van der Waals surface area contributed by atoms with Crippen LogP contribution in [0.15, 0.2) is 36.7 Å². The van der Waals surface area contributed by atoms with Crippen molar-refractivity contribution in [1.82, 2.24) is 9.97 Å². The van der Waals surface area contributed by atoms with Crippen molar-refractivity contribution in [2.75, 3.05) is 13.7 Å². The van der Waals surface area contributed by atoms with Crippen LogP contribution in [0.1, 0.15) is 59.8 Å². The largest absolute Gasteiger partial charge is 0.497 e. The molecule has 1 aromatic carbocycles. The van der Waals surface area contributed by atoms with Gasteiger partial charge < -0.3 is 9.47 Å². The second kappa shape index (κ2) is 13.2. The molecule has 0 spiro atoms. The molecule has 1 heterocycles. The van der Waals surface area contributed by atoms with Crippen LogP contribution in [0, 0.1) is 5.92 Å². The van der Waals surface area contributed by atoms with E-state index in [0.717, 1.165) is 23.7 Å². The van der Waals surface area contributed by atoms with Gasteiger partial charge in [-0.15, -0.1) is 0 Å². The standard InChI is InChI=1S/C20H28N2O2.C2H6/c1-4-5-6-7-8-16(2)15-24-19-13-21-20(22-14-19)17-9-11-18(23-3)12-10-17;1-2/h9-14,16H,4-8,15H2,1-3H3;1-2H3/t16-;/m1./s1. The molecule has 0 fully saturated rings. The van der Waals surface area contributed by atoms with E-state index >= 15 is 0 Å². The van der Waals surface area contributed by atoms with Crippen molar-refractivity contribution in [1.29, 1.82) is 0 Å². The SMILES string of the molecule is CC.CCCCCC[C@@H](C)COc1cnc(-c2ccc(OC)cc2)nc1. The van der Waals surface area contributed by atoms with Gasteiger partial charge in [-0.3, -0.25) is 0 Å². The molecule has 2 aromatic rings. The van der Waals surface area contributed by atoms with Crippen molar-refractivity contribution in [3.63, 3.8) is 0 Å². The Bertz CT molecular complexity index is 582. The molecule has 0 radical (unpaired) electrons. The molecule has 0 N–H and O–H groups in total. The smallest absolute Gasteiger partial charge is 0.159 e. The molecule has 1 aromatic heterocycles. The first kappa shape index (κ1) is 21.9. The molecule has 26 heavy (non-hydrogen) atoms. The van der Waals surface area contributed by atoms with Crippen molar-refractivity contribution in [2.24, 2.45) is 5.92 Å². The highest BCUT2D eigenvalue weighted by atomic mass is 16.5. The third-order valence-corrected chi connectivity index (χ3v) is 4.06. The molecule has 0 bridgehead atoms. The molecule has 0 amide bonds. The summed E-state index contributed by atoms with van der Waals surface area (Å²) in [5.41, 5.74) is 0.964. The summed E-state index contributed by atoms with van der Waals surface area (Å²) < 4.78 is 11.0. The summed E-state index contributed by atoms with van der Waals surface area (Å²) >= 11 is 0. The van der Waals surface area contributed by atoms with Crippen LogP contribution < -0.4 is 9.47 Å². The third-order valence-electron chi connectivity index (χ3n) is 4.06. The fourth-order valence-corrected chi connectivity index (χ4v) is 2.52. The maximum atomic E-state index is 5.81. The summed E-state index contributed by atoms with van der Waals surface area (Å²) in [7, 11) is 1.66. The first-order chi connectivity index (χ1) is 12.7. The fourth-order valence-electron chi connectivity index (χ4n) is 2.52. The predicted octanol–water partition coefficient (Wildman–Crippen LogP) is 6.16. The molecule has 0 aliphatic rings. The molecule has 4 nitrogen and oxygen atoms in total. The lowest BCUT2D eigenvalue weighted by molar-refractivity contribution is 0.247. The highest BCUT2D eigenvalue weighted by Crippen LogP contribution is 2.20. The number of nitrogens with zero attached hydrogens (tertiary/aromatic N) is 2. The maximum Gasteiger partial charge on any atom is 0.159 e. The summed E-state index contributed by atoms with van der Waals surface area (Å²) in [4.78, 5) is 8.78. The zero-order valence-corrected chi connectivity index (χ0v) is 17.0. The monoisotopic (exact) mass is 358 g/mol. The van der Waals surface area contributed by atoms with E-state index in [1.807, 2.05) is 38.1 Å². The van der Waals surface area contributed by atoms with Gasteiger partial charge in [0.15, 0.2) is 11.6 Å². The minimum Gasteiger partial charge on any atom is -0.497 e. The number of hydrogen-bond donors (Lipinski definition) is 0. The molecule has 0 saturated carbocycles. The molecule has 0 saturated heterocycles. The summed E-state index contributed by atoms with van der Waals surface area (Å²) in [6.07, 6.45) is 9.92. The lowest BCUT2D eigenvalue weighted by Crippen LogP contribution is -2.09. The Morgan fingerprint density at radius 1 is 0.923 bits per heavy atom. The molecule has 0 aliphatic carbocycles. The molecular formula is C22H34N2O2. The lowest BCUT2D eigenvalue weighted by Gasteiger charge is -2.12. The Balaban J connectivity index is 0.00000163. The zero-order valence-electron chi connectivity index (χ0n) is 17.0. The Kier molecular flexibility index (Phi) is 11.1. The fraction of sp³-hybridized carbons (Fsp3) is 0.545. The first-order valence-electron chi connectivity index (χ1n) is 9.82. The number of aromatic nitrogens is 2. The Morgan fingerprint density at radius 3 is 2.15 bits per heavy atom. The van der Waals surface area contributed by atoms with E-state index in [2.05, 4.69) is 23.8 Å². The highest BCUT2D eigenvalue weighted by Gasteiger charge is 2.06. The van der Waals surface area contributed by atoms with Gasteiger partial charge in [0.1, 0.15) is 5.75 Å². The minimum atomic E-state index is 0.558. The van der Waals surface area contributed by atoms with E-state index in [9.17, 15) is 0 Å². The number of methoxy groups -OCH3 is 1. The maximum absolute atomic E-state index is 5.81. The molecule has 4 heteroatoms. The molecular weight excluding hydrogens is 324 g/mol. The van der Waals surface area contributed by atoms with Crippen LogP contribution >= 0.6 is 0 Å². The van der Waals surface area contributed by atoms with Crippen molar-refractivity contribution < 1.29 is 9.47 Å². The van der Waals surface area contributed by atoms with E-state index in [1.165, 1.54) is 32.1 Å². The minimum absolute atomic E-state index is 0.558. The van der Waals surface area contributed by atoms with Crippen LogP contribution in [0.2, 0.25) is 0 Å². The second-order valence-electron chi connectivity index (χ2n) is 6.24. The van der Waals surface area contributed by atoms with Gasteiger partial charge in [-0.05, 0) is 36.6 Å². The van der Waals surface area contributed by atoms with Gasteiger partial charge in [0, 0.05) is 5.56 Å². The molecule has 0 aliphatic heterocycles. The molecule has 2 rings (SSSR count). The number of hydrogen-bond acceptors (Lipinski definition) is 4. The van der Waals surface area contributed by atoms with Gasteiger partial charge in [-0.25, -0.2) is 9.97 Å². The lowest BCUT2D eigenvalue weighted by atomic mass is 10.0.